The summed E-state index contributed by atoms with van der Waals surface area (Å²) in [6.07, 6.45) is 1.24. The predicted molar refractivity (Wildman–Crippen MR) is 61.1 cm³/mol. The van der Waals surface area contributed by atoms with Crippen molar-refractivity contribution in [3.05, 3.63) is 0 Å². The van der Waals surface area contributed by atoms with E-state index in [0.717, 1.165) is 32.6 Å². The van der Waals surface area contributed by atoms with Gasteiger partial charge in [0.1, 0.15) is 0 Å². The molecule has 0 radical (unpaired) electrons. The lowest BCUT2D eigenvalue weighted by Crippen LogP contribution is -2.45. The molecule has 2 N–H and O–H groups in total. The minimum absolute atomic E-state index is 0.159. The zero-order valence-corrected chi connectivity index (χ0v) is 9.85. The van der Waals surface area contributed by atoms with Gasteiger partial charge in [0.2, 0.25) is 5.91 Å². The zero-order chi connectivity index (χ0) is 11.5. The number of aliphatic hydroxyl groups excluding tert-OH is 1. The summed E-state index contributed by atoms with van der Waals surface area (Å²) in [7, 11) is 2.09. The van der Waals surface area contributed by atoms with Crippen molar-refractivity contribution in [3.8, 4) is 0 Å². The fourth-order valence-electron chi connectivity index (χ4n) is 2.39. The van der Waals surface area contributed by atoms with Crippen molar-refractivity contribution in [3.63, 3.8) is 0 Å². The van der Waals surface area contributed by atoms with Crippen molar-refractivity contribution in [2.24, 2.45) is 0 Å². The largest absolute Gasteiger partial charge is 0.392 e. The molecule has 2 fully saturated rings. The Hall–Kier alpha value is -0.650. The van der Waals surface area contributed by atoms with Gasteiger partial charge in [0.15, 0.2) is 0 Å². The molecule has 2 unspecified atom stereocenters. The number of hydrogen-bond acceptors (Lipinski definition) is 4. The van der Waals surface area contributed by atoms with Crippen molar-refractivity contribution in [1.29, 1.82) is 0 Å². The average Bonchev–Trinajstić information content (AvgIpc) is 2.57. The van der Waals surface area contributed by atoms with Crippen LogP contribution in [0.5, 0.6) is 0 Å². The van der Waals surface area contributed by atoms with E-state index in [9.17, 15) is 9.90 Å². The maximum absolute atomic E-state index is 12.1. The summed E-state index contributed by atoms with van der Waals surface area (Å²) >= 11 is 0. The third-order valence-electron chi connectivity index (χ3n) is 3.44. The van der Waals surface area contributed by atoms with Crippen LogP contribution in [0.25, 0.3) is 0 Å². The third-order valence-corrected chi connectivity index (χ3v) is 3.44. The molecule has 0 aromatic heterocycles. The van der Waals surface area contributed by atoms with Gasteiger partial charge in [0.25, 0.3) is 0 Å². The van der Waals surface area contributed by atoms with Gasteiger partial charge in [0.05, 0.1) is 12.1 Å². The number of nitrogens with one attached hydrogen (secondary N) is 1. The molecule has 92 valence electrons. The molecule has 2 heterocycles. The quantitative estimate of drug-likeness (QED) is 0.595. The van der Waals surface area contributed by atoms with Crippen molar-refractivity contribution in [1.82, 2.24) is 15.1 Å². The number of aliphatic hydroxyl groups is 1. The van der Waals surface area contributed by atoms with Gasteiger partial charge in [-0.2, -0.15) is 0 Å². The molecule has 1 amide bonds. The van der Waals surface area contributed by atoms with Crippen molar-refractivity contribution >= 4 is 5.91 Å². The summed E-state index contributed by atoms with van der Waals surface area (Å²) in [5.41, 5.74) is 0. The Morgan fingerprint density at radius 1 is 1.31 bits per heavy atom. The standard InChI is InChI=1S/C11H21N3O2/c1-13-3-2-4-14(6-5-13)11(16)10-7-9(15)8-12-10/h9-10,12,15H,2-8H2,1H3. The van der Waals surface area contributed by atoms with Gasteiger partial charge in [-0.1, -0.05) is 0 Å². The second kappa shape index (κ2) is 5.12. The Morgan fingerprint density at radius 3 is 2.81 bits per heavy atom. The van der Waals surface area contributed by atoms with Crippen LogP contribution in [0.1, 0.15) is 12.8 Å². The summed E-state index contributed by atoms with van der Waals surface area (Å²) in [5.74, 6) is 0.159. The smallest absolute Gasteiger partial charge is 0.239 e. The first-order valence-electron chi connectivity index (χ1n) is 6.05. The van der Waals surface area contributed by atoms with E-state index in [1.165, 1.54) is 0 Å². The van der Waals surface area contributed by atoms with Gasteiger partial charge in [-0.15, -0.1) is 0 Å². The molecule has 5 heteroatoms. The Kier molecular flexibility index (Phi) is 3.78. The molecule has 0 spiro atoms. The maximum atomic E-state index is 12.1. The van der Waals surface area contributed by atoms with E-state index in [4.69, 9.17) is 0 Å². The molecule has 2 rings (SSSR count). The summed E-state index contributed by atoms with van der Waals surface area (Å²) in [5, 5.41) is 12.5. The minimum atomic E-state index is -0.358. The molecule has 2 atom stereocenters. The van der Waals surface area contributed by atoms with E-state index in [2.05, 4.69) is 17.3 Å². The van der Waals surface area contributed by atoms with Crippen LogP contribution in [0.15, 0.2) is 0 Å². The van der Waals surface area contributed by atoms with Crippen molar-refractivity contribution in [2.45, 2.75) is 25.0 Å². The van der Waals surface area contributed by atoms with Crippen molar-refractivity contribution in [2.75, 3.05) is 39.8 Å². The Labute approximate surface area is 96.4 Å². The fourth-order valence-corrected chi connectivity index (χ4v) is 2.39. The number of carbonyl (C=O) groups is 1. The van der Waals surface area contributed by atoms with Gasteiger partial charge in [-0.3, -0.25) is 4.79 Å². The second-order valence-corrected chi connectivity index (χ2v) is 4.83. The first-order chi connectivity index (χ1) is 7.66. The van der Waals surface area contributed by atoms with Crippen LogP contribution in [0.4, 0.5) is 0 Å². The molecule has 2 aliphatic rings. The number of β-amino-alcohol motifs (C(OH)–C–C–N with tert-alkyl or cyclic N) is 1. The number of likely N-dealkylation sites (N-methyl/N-ethyl adjacent to an activating group) is 1. The zero-order valence-electron chi connectivity index (χ0n) is 9.85. The van der Waals surface area contributed by atoms with Crippen LogP contribution in [0.3, 0.4) is 0 Å². The van der Waals surface area contributed by atoms with E-state index in [-0.39, 0.29) is 18.1 Å². The molecular formula is C11H21N3O2. The molecule has 0 bridgehead atoms. The molecule has 0 aromatic carbocycles. The van der Waals surface area contributed by atoms with E-state index >= 15 is 0 Å². The Morgan fingerprint density at radius 2 is 2.12 bits per heavy atom. The van der Waals surface area contributed by atoms with Gasteiger partial charge in [-0.05, 0) is 26.4 Å². The lowest BCUT2D eigenvalue weighted by Gasteiger charge is -2.23. The normalized spacial score (nSPS) is 32.8. The first-order valence-corrected chi connectivity index (χ1v) is 6.05. The van der Waals surface area contributed by atoms with Crippen LogP contribution in [0.2, 0.25) is 0 Å². The number of hydrogen-bond donors (Lipinski definition) is 2. The van der Waals surface area contributed by atoms with Crippen LogP contribution < -0.4 is 5.32 Å². The minimum Gasteiger partial charge on any atom is -0.392 e. The second-order valence-electron chi connectivity index (χ2n) is 4.83. The highest BCUT2D eigenvalue weighted by molar-refractivity contribution is 5.82. The number of amides is 1. The number of carbonyl (C=O) groups excluding carboxylic acids is 1. The van der Waals surface area contributed by atoms with E-state index < -0.39 is 0 Å². The van der Waals surface area contributed by atoms with E-state index in [0.29, 0.717) is 13.0 Å². The summed E-state index contributed by atoms with van der Waals surface area (Å²) in [6.45, 7) is 4.21. The molecule has 2 saturated heterocycles. The maximum Gasteiger partial charge on any atom is 0.239 e. The van der Waals surface area contributed by atoms with Gasteiger partial charge >= 0.3 is 0 Å². The summed E-state index contributed by atoms with van der Waals surface area (Å²) in [4.78, 5) is 16.3. The molecule has 0 aliphatic carbocycles. The van der Waals surface area contributed by atoms with Crippen LogP contribution in [0, 0.1) is 0 Å². The molecular weight excluding hydrogens is 206 g/mol. The van der Waals surface area contributed by atoms with Gasteiger partial charge in [0, 0.05) is 26.2 Å². The lowest BCUT2D eigenvalue weighted by atomic mass is 10.2. The van der Waals surface area contributed by atoms with Crippen molar-refractivity contribution < 1.29 is 9.90 Å². The number of rotatable bonds is 1. The molecule has 0 saturated carbocycles. The van der Waals surface area contributed by atoms with Crippen LogP contribution >= 0.6 is 0 Å². The average molecular weight is 227 g/mol. The fraction of sp³-hybridized carbons (Fsp3) is 0.909. The van der Waals surface area contributed by atoms with Crippen LogP contribution in [-0.2, 0) is 4.79 Å². The van der Waals surface area contributed by atoms with Gasteiger partial charge < -0.3 is 20.2 Å². The Bertz CT molecular complexity index is 260. The first kappa shape index (κ1) is 11.8. The van der Waals surface area contributed by atoms with E-state index in [1.54, 1.807) is 0 Å². The van der Waals surface area contributed by atoms with Crippen LogP contribution in [-0.4, -0.2) is 72.7 Å². The molecule has 2 aliphatic heterocycles. The SMILES string of the molecule is CN1CCCN(C(=O)C2CC(O)CN2)CC1. The monoisotopic (exact) mass is 227 g/mol. The Balaban J connectivity index is 1.88. The highest BCUT2D eigenvalue weighted by Crippen LogP contribution is 2.11. The lowest BCUT2D eigenvalue weighted by molar-refractivity contribution is -0.133. The number of nitrogens with zero attached hydrogens (tertiary/aromatic N) is 2. The molecule has 0 aromatic rings. The topological polar surface area (TPSA) is 55.8 Å². The third kappa shape index (κ3) is 2.72. The molecule has 16 heavy (non-hydrogen) atoms. The summed E-state index contributed by atoms with van der Waals surface area (Å²) in [6, 6.07) is -0.168. The predicted octanol–water partition coefficient (Wildman–Crippen LogP) is -1.13. The van der Waals surface area contributed by atoms with Gasteiger partial charge in [-0.25, -0.2) is 0 Å². The molecule has 5 nitrogen and oxygen atoms in total. The highest BCUT2D eigenvalue weighted by Gasteiger charge is 2.31. The summed E-state index contributed by atoms with van der Waals surface area (Å²) < 4.78 is 0. The van der Waals surface area contributed by atoms with E-state index in [1.807, 2.05) is 4.90 Å². The highest BCUT2D eigenvalue weighted by atomic mass is 16.3.